The minimum atomic E-state index is -1.10. The number of rotatable bonds is 5. The molecule has 3 aromatic rings. The third kappa shape index (κ3) is 4.08. The average molecular weight is 373 g/mol. The van der Waals surface area contributed by atoms with E-state index in [0.717, 1.165) is 23.5 Å². The van der Waals surface area contributed by atoms with Crippen molar-refractivity contribution in [3.8, 4) is 5.82 Å². The maximum Gasteiger partial charge on any atom is 0.266 e. The molecule has 0 aliphatic rings. The minimum Gasteiger partial charge on any atom is -0.350 e. The molecule has 1 aromatic carbocycles. The van der Waals surface area contributed by atoms with E-state index >= 15 is 0 Å². The molecule has 7 nitrogen and oxygen atoms in total. The molecule has 0 fully saturated rings. The fourth-order valence-electron chi connectivity index (χ4n) is 2.59. The fraction of sp³-hybridized carbons (Fsp3) is 0.222. The summed E-state index contributed by atoms with van der Waals surface area (Å²) in [7, 11) is 0. The van der Waals surface area contributed by atoms with Crippen LogP contribution in [-0.2, 0) is 6.54 Å². The van der Waals surface area contributed by atoms with E-state index in [1.54, 1.807) is 10.7 Å². The van der Waals surface area contributed by atoms with Gasteiger partial charge >= 0.3 is 0 Å². The van der Waals surface area contributed by atoms with Crippen molar-refractivity contribution in [3.63, 3.8) is 0 Å². The van der Waals surface area contributed by atoms with Crippen molar-refractivity contribution < 1.29 is 13.6 Å². The van der Waals surface area contributed by atoms with Crippen LogP contribution in [0, 0.1) is 25.5 Å². The van der Waals surface area contributed by atoms with Crippen molar-refractivity contribution in [2.24, 2.45) is 0 Å². The summed E-state index contributed by atoms with van der Waals surface area (Å²) in [6.07, 6.45) is 0. The number of carbonyl (C=O) groups is 1. The molecule has 0 aliphatic heterocycles. The number of aryl methyl sites for hydroxylation is 2. The molecule has 0 saturated carbocycles. The fourth-order valence-corrected chi connectivity index (χ4v) is 2.59. The Bertz CT molecular complexity index is 1060. The third-order valence-electron chi connectivity index (χ3n) is 3.87. The lowest BCUT2D eigenvalue weighted by atomic mass is 10.2. The van der Waals surface area contributed by atoms with Crippen molar-refractivity contribution in [1.29, 1.82) is 0 Å². The van der Waals surface area contributed by atoms with Crippen LogP contribution in [0.5, 0.6) is 0 Å². The number of amides is 1. The Balaban J connectivity index is 1.70. The minimum absolute atomic E-state index is 0.00871. The van der Waals surface area contributed by atoms with Crippen LogP contribution in [0.15, 0.2) is 41.2 Å². The normalized spacial score (nSPS) is 10.8. The van der Waals surface area contributed by atoms with Gasteiger partial charge in [0.05, 0.1) is 12.2 Å². The summed E-state index contributed by atoms with van der Waals surface area (Å²) in [6.45, 7) is 3.93. The molecule has 2 aromatic heterocycles. The number of aromatic nitrogens is 4. The van der Waals surface area contributed by atoms with Gasteiger partial charge in [0.15, 0.2) is 17.5 Å². The molecule has 0 unspecified atom stereocenters. The van der Waals surface area contributed by atoms with Gasteiger partial charge in [0.25, 0.3) is 11.5 Å². The Morgan fingerprint density at radius 3 is 2.52 bits per heavy atom. The monoisotopic (exact) mass is 373 g/mol. The first kappa shape index (κ1) is 18.4. The quantitative estimate of drug-likeness (QED) is 0.739. The number of halogens is 2. The van der Waals surface area contributed by atoms with E-state index < -0.39 is 17.5 Å². The standard InChI is InChI=1S/C18H17F2N5O2/c1-11-9-12(2)25(22-11)16-5-6-17(26)24(23-16)8-7-21-18(27)13-3-4-14(19)15(20)10-13/h3-6,9-10H,7-8H2,1-2H3,(H,21,27). The Morgan fingerprint density at radius 1 is 1.07 bits per heavy atom. The second kappa shape index (κ2) is 7.48. The Kier molecular flexibility index (Phi) is 5.11. The van der Waals surface area contributed by atoms with Gasteiger partial charge in [-0.25, -0.2) is 18.1 Å². The molecule has 0 bridgehead atoms. The Morgan fingerprint density at radius 2 is 1.85 bits per heavy atom. The molecule has 0 radical (unpaired) electrons. The molecular formula is C18H17F2N5O2. The highest BCUT2D eigenvalue weighted by Gasteiger charge is 2.10. The van der Waals surface area contributed by atoms with Crippen LogP contribution >= 0.6 is 0 Å². The van der Waals surface area contributed by atoms with Gasteiger partial charge in [0, 0.05) is 23.9 Å². The molecule has 0 saturated heterocycles. The summed E-state index contributed by atoms with van der Waals surface area (Å²) in [6, 6.07) is 7.71. The number of nitrogens with zero attached hydrogens (tertiary/aromatic N) is 4. The SMILES string of the molecule is Cc1cc(C)n(-c2ccc(=O)n(CCNC(=O)c3ccc(F)c(F)c3)n2)n1. The first-order valence-electron chi connectivity index (χ1n) is 8.20. The summed E-state index contributed by atoms with van der Waals surface area (Å²) in [4.78, 5) is 24.0. The van der Waals surface area contributed by atoms with Crippen LogP contribution < -0.4 is 10.9 Å². The Hall–Kier alpha value is -3.36. The number of hydrogen-bond acceptors (Lipinski definition) is 4. The second-order valence-electron chi connectivity index (χ2n) is 5.98. The first-order valence-corrected chi connectivity index (χ1v) is 8.20. The van der Waals surface area contributed by atoms with E-state index in [0.29, 0.717) is 5.82 Å². The van der Waals surface area contributed by atoms with Crippen molar-refractivity contribution in [1.82, 2.24) is 24.9 Å². The summed E-state index contributed by atoms with van der Waals surface area (Å²) in [5.41, 5.74) is 1.36. The molecule has 3 rings (SSSR count). The molecule has 1 amide bonds. The van der Waals surface area contributed by atoms with Gasteiger partial charge < -0.3 is 5.32 Å². The van der Waals surface area contributed by atoms with Crippen molar-refractivity contribution in [3.05, 3.63) is 75.3 Å². The predicted molar refractivity (Wildman–Crippen MR) is 93.8 cm³/mol. The molecular weight excluding hydrogens is 356 g/mol. The zero-order chi connectivity index (χ0) is 19.6. The lowest BCUT2D eigenvalue weighted by Crippen LogP contribution is -2.32. The molecule has 0 spiro atoms. The van der Waals surface area contributed by atoms with Crippen LogP contribution in [-0.4, -0.2) is 32.0 Å². The largest absolute Gasteiger partial charge is 0.350 e. The summed E-state index contributed by atoms with van der Waals surface area (Å²) in [5.74, 6) is -2.22. The topological polar surface area (TPSA) is 81.8 Å². The van der Waals surface area contributed by atoms with E-state index in [9.17, 15) is 18.4 Å². The first-order chi connectivity index (χ1) is 12.8. The van der Waals surface area contributed by atoms with Crippen LogP contribution in [0.25, 0.3) is 5.82 Å². The molecule has 0 aliphatic carbocycles. The highest BCUT2D eigenvalue weighted by Crippen LogP contribution is 2.09. The lowest BCUT2D eigenvalue weighted by Gasteiger charge is -2.09. The van der Waals surface area contributed by atoms with E-state index in [4.69, 9.17) is 0 Å². The zero-order valence-electron chi connectivity index (χ0n) is 14.7. The molecule has 9 heteroatoms. The van der Waals surface area contributed by atoms with E-state index in [1.807, 2.05) is 19.9 Å². The van der Waals surface area contributed by atoms with Gasteiger partial charge in [-0.3, -0.25) is 9.59 Å². The highest BCUT2D eigenvalue weighted by atomic mass is 19.2. The molecule has 1 N–H and O–H groups in total. The summed E-state index contributed by atoms with van der Waals surface area (Å²) >= 11 is 0. The zero-order valence-corrected chi connectivity index (χ0v) is 14.7. The number of hydrogen-bond donors (Lipinski definition) is 1. The van der Waals surface area contributed by atoms with E-state index in [-0.39, 0.29) is 24.2 Å². The van der Waals surface area contributed by atoms with Crippen molar-refractivity contribution in [2.75, 3.05) is 6.54 Å². The van der Waals surface area contributed by atoms with Gasteiger partial charge in [0.1, 0.15) is 0 Å². The Labute approximate surface area is 153 Å². The molecule has 0 atom stereocenters. The predicted octanol–water partition coefficient (Wildman–Crippen LogP) is 1.75. The van der Waals surface area contributed by atoms with Crippen LogP contribution in [0.2, 0.25) is 0 Å². The second-order valence-corrected chi connectivity index (χ2v) is 5.98. The summed E-state index contributed by atoms with van der Waals surface area (Å²) < 4.78 is 29.0. The average Bonchev–Trinajstić information content (AvgIpc) is 2.97. The van der Waals surface area contributed by atoms with Crippen LogP contribution in [0.4, 0.5) is 8.78 Å². The van der Waals surface area contributed by atoms with Gasteiger partial charge in [0.2, 0.25) is 0 Å². The number of benzene rings is 1. The molecule has 2 heterocycles. The van der Waals surface area contributed by atoms with E-state index in [2.05, 4.69) is 15.5 Å². The third-order valence-corrected chi connectivity index (χ3v) is 3.87. The molecule has 27 heavy (non-hydrogen) atoms. The highest BCUT2D eigenvalue weighted by molar-refractivity contribution is 5.94. The smallest absolute Gasteiger partial charge is 0.266 e. The van der Waals surface area contributed by atoms with Gasteiger partial charge in [-0.05, 0) is 44.2 Å². The maximum absolute atomic E-state index is 13.2. The van der Waals surface area contributed by atoms with Gasteiger partial charge in [-0.2, -0.15) is 5.10 Å². The van der Waals surface area contributed by atoms with Gasteiger partial charge in [-0.15, -0.1) is 5.10 Å². The lowest BCUT2D eigenvalue weighted by molar-refractivity contribution is 0.0951. The van der Waals surface area contributed by atoms with E-state index in [1.165, 1.54) is 16.8 Å². The van der Waals surface area contributed by atoms with Crippen molar-refractivity contribution >= 4 is 5.91 Å². The van der Waals surface area contributed by atoms with Crippen LogP contribution in [0.1, 0.15) is 21.7 Å². The van der Waals surface area contributed by atoms with Gasteiger partial charge in [-0.1, -0.05) is 0 Å². The molecule has 140 valence electrons. The van der Waals surface area contributed by atoms with Crippen LogP contribution in [0.3, 0.4) is 0 Å². The summed E-state index contributed by atoms with van der Waals surface area (Å²) in [5, 5.41) is 11.1. The number of nitrogens with one attached hydrogen (secondary N) is 1. The number of carbonyl (C=O) groups excluding carboxylic acids is 1. The maximum atomic E-state index is 13.2. The van der Waals surface area contributed by atoms with Crippen molar-refractivity contribution in [2.45, 2.75) is 20.4 Å².